The summed E-state index contributed by atoms with van der Waals surface area (Å²) >= 11 is 0. The molecule has 41 heavy (non-hydrogen) atoms. The number of nitrogens with one attached hydrogen (secondary N) is 2. The number of nitrogens with zero attached hydrogens (tertiary/aromatic N) is 2. The maximum atomic E-state index is 12.8. The van der Waals surface area contributed by atoms with Crippen molar-refractivity contribution < 1.29 is 18.3 Å². The zero-order valence-corrected chi connectivity index (χ0v) is 24.6. The predicted octanol–water partition coefficient (Wildman–Crippen LogP) is 5.17. The van der Waals surface area contributed by atoms with E-state index in [-0.39, 0.29) is 16.3 Å². The van der Waals surface area contributed by atoms with Crippen molar-refractivity contribution in [2.45, 2.75) is 62.2 Å². The van der Waals surface area contributed by atoms with Gasteiger partial charge in [-0.15, -0.1) is 0 Å². The van der Waals surface area contributed by atoms with Gasteiger partial charge in [0.25, 0.3) is 15.9 Å². The minimum Gasteiger partial charge on any atom is -0.387 e. The molecule has 0 unspecified atom stereocenters. The van der Waals surface area contributed by atoms with Gasteiger partial charge in [0.1, 0.15) is 0 Å². The van der Waals surface area contributed by atoms with Crippen LogP contribution >= 0.6 is 0 Å². The molecule has 0 aliphatic heterocycles. The highest BCUT2D eigenvalue weighted by molar-refractivity contribution is 7.92. The van der Waals surface area contributed by atoms with E-state index in [4.69, 9.17) is 0 Å². The van der Waals surface area contributed by atoms with Crippen LogP contribution in [-0.2, 0) is 16.6 Å². The van der Waals surface area contributed by atoms with Gasteiger partial charge in [0.2, 0.25) is 0 Å². The molecule has 1 fully saturated rings. The van der Waals surface area contributed by atoms with Gasteiger partial charge in [0, 0.05) is 60.1 Å². The third-order valence-corrected chi connectivity index (χ3v) is 9.16. The van der Waals surface area contributed by atoms with Gasteiger partial charge in [0.15, 0.2) is 0 Å². The number of benzene rings is 3. The molecular formula is C32H38N4O4S. The fraction of sp³-hybridized carbons (Fsp3) is 0.344. The van der Waals surface area contributed by atoms with Crippen molar-refractivity contribution in [3.05, 3.63) is 96.2 Å². The molecule has 1 amide bonds. The van der Waals surface area contributed by atoms with Crippen molar-refractivity contribution in [3.8, 4) is 0 Å². The number of rotatable bonds is 12. The number of sulfonamides is 1. The molecule has 0 spiro atoms. The maximum Gasteiger partial charge on any atom is 0.261 e. The molecule has 1 atom stereocenters. The van der Waals surface area contributed by atoms with Crippen LogP contribution in [0.2, 0.25) is 0 Å². The van der Waals surface area contributed by atoms with Crippen LogP contribution in [0.5, 0.6) is 0 Å². The second-order valence-corrected chi connectivity index (χ2v) is 13.2. The van der Waals surface area contributed by atoms with Crippen LogP contribution in [0.15, 0.2) is 90.0 Å². The van der Waals surface area contributed by atoms with Crippen LogP contribution in [0.1, 0.15) is 55.1 Å². The van der Waals surface area contributed by atoms with Gasteiger partial charge < -0.3 is 19.9 Å². The zero-order chi connectivity index (χ0) is 29.2. The lowest BCUT2D eigenvalue weighted by atomic mass is 9.99. The van der Waals surface area contributed by atoms with Crippen LogP contribution in [0.25, 0.3) is 10.9 Å². The quantitative estimate of drug-likeness (QED) is 0.217. The first-order valence-electron chi connectivity index (χ1n) is 14.0. The maximum absolute atomic E-state index is 12.8. The molecular weight excluding hydrogens is 536 g/mol. The van der Waals surface area contributed by atoms with Gasteiger partial charge in [-0.2, -0.15) is 0 Å². The lowest BCUT2D eigenvalue weighted by Gasteiger charge is -2.28. The van der Waals surface area contributed by atoms with Crippen molar-refractivity contribution in [2.24, 2.45) is 0 Å². The van der Waals surface area contributed by atoms with Gasteiger partial charge in [-0.3, -0.25) is 9.52 Å². The average molecular weight is 575 g/mol. The third-order valence-electron chi connectivity index (χ3n) is 7.76. The average Bonchev–Trinajstić information content (AvgIpc) is 3.74. The smallest absolute Gasteiger partial charge is 0.261 e. The Hall–Kier alpha value is -3.66. The Morgan fingerprint density at radius 1 is 1.05 bits per heavy atom. The summed E-state index contributed by atoms with van der Waals surface area (Å²) in [5.74, 6) is 0.0742. The number of hydrogen-bond donors (Lipinski definition) is 3. The summed E-state index contributed by atoms with van der Waals surface area (Å²) in [6, 6.07) is 23.4. The minimum absolute atomic E-state index is 0.0742. The number of fused-ring (bicyclic) bond motifs is 1. The van der Waals surface area contributed by atoms with Crippen LogP contribution in [0.3, 0.4) is 0 Å². The molecule has 4 aromatic rings. The van der Waals surface area contributed by atoms with Gasteiger partial charge in [0.05, 0.1) is 11.0 Å². The topological polar surface area (TPSA) is 104 Å². The highest BCUT2D eigenvalue weighted by atomic mass is 32.2. The molecule has 1 saturated carbocycles. The van der Waals surface area contributed by atoms with E-state index in [0.29, 0.717) is 23.8 Å². The van der Waals surface area contributed by atoms with E-state index < -0.39 is 16.1 Å². The number of hydrogen-bond acceptors (Lipinski definition) is 5. The van der Waals surface area contributed by atoms with E-state index in [9.17, 15) is 18.3 Å². The summed E-state index contributed by atoms with van der Waals surface area (Å²) in [4.78, 5) is 14.8. The third kappa shape index (κ3) is 6.98. The molecule has 5 rings (SSSR count). The van der Waals surface area contributed by atoms with Crippen LogP contribution in [0, 0.1) is 0 Å². The van der Waals surface area contributed by atoms with Crippen LogP contribution < -0.4 is 10.0 Å². The fourth-order valence-electron chi connectivity index (χ4n) is 4.96. The number of aliphatic hydroxyl groups is 1. The van der Waals surface area contributed by atoms with E-state index in [1.54, 1.807) is 42.5 Å². The Labute approximate surface area is 242 Å². The summed E-state index contributed by atoms with van der Waals surface area (Å²) in [7, 11) is -1.84. The number of carbonyl (C=O) groups excluding carboxylic acids is 1. The number of amides is 1. The molecule has 0 radical (unpaired) electrons. The Morgan fingerprint density at radius 3 is 2.54 bits per heavy atom. The van der Waals surface area contributed by atoms with Crippen molar-refractivity contribution in [3.63, 3.8) is 0 Å². The van der Waals surface area contributed by atoms with Gasteiger partial charge in [-0.25, -0.2) is 8.42 Å². The Morgan fingerprint density at radius 2 is 1.80 bits per heavy atom. The van der Waals surface area contributed by atoms with Crippen molar-refractivity contribution in [1.82, 2.24) is 14.8 Å². The highest BCUT2D eigenvalue weighted by Crippen LogP contribution is 2.28. The molecule has 0 bridgehead atoms. The lowest BCUT2D eigenvalue weighted by molar-refractivity contribution is 0.0785. The largest absolute Gasteiger partial charge is 0.387 e. The molecule has 1 aliphatic rings. The first-order chi connectivity index (χ1) is 19.5. The fourth-order valence-corrected chi connectivity index (χ4v) is 6.03. The zero-order valence-electron chi connectivity index (χ0n) is 23.7. The Kier molecular flexibility index (Phi) is 8.22. The number of carbonyl (C=O) groups is 1. The molecule has 1 heterocycles. The first-order valence-corrected chi connectivity index (χ1v) is 15.5. The number of aryl methyl sites for hydroxylation is 1. The van der Waals surface area contributed by atoms with Gasteiger partial charge in [-0.1, -0.05) is 30.3 Å². The van der Waals surface area contributed by atoms with E-state index in [0.717, 1.165) is 42.3 Å². The summed E-state index contributed by atoms with van der Waals surface area (Å²) in [6.07, 6.45) is 4.23. The second-order valence-electron chi connectivity index (χ2n) is 11.5. The molecule has 3 N–H and O–H groups in total. The summed E-state index contributed by atoms with van der Waals surface area (Å²) in [5.41, 5.74) is 2.55. The number of aliphatic hydroxyl groups excluding tert-OH is 1. The van der Waals surface area contributed by atoms with Crippen LogP contribution in [-0.4, -0.2) is 54.1 Å². The lowest BCUT2D eigenvalue weighted by Crippen LogP contribution is -2.42. The molecule has 3 aromatic carbocycles. The minimum atomic E-state index is -3.72. The van der Waals surface area contributed by atoms with Gasteiger partial charge >= 0.3 is 0 Å². The highest BCUT2D eigenvalue weighted by Gasteiger charge is 2.30. The number of aromatic nitrogens is 1. The standard InChI is InChI=1S/C32H38N4O4S/c1-32(2,17-19-36-18-16-23-20-25(12-15-29(23)36)31(38)35(3)27-13-14-27)33-22-30(37)24-8-7-9-26(21-24)34-41(39,40)28-10-5-4-6-11-28/h4-12,15-16,18,20-21,27,30,33-34,37H,13-14,17,19,22H2,1-3H3/t30-/m0/s1. The number of anilines is 1. The normalized spacial score (nSPS) is 14.6. The monoisotopic (exact) mass is 574 g/mol. The van der Waals surface area contributed by atoms with Crippen molar-refractivity contribution in [2.75, 3.05) is 18.3 Å². The van der Waals surface area contributed by atoms with Crippen LogP contribution in [0.4, 0.5) is 5.69 Å². The van der Waals surface area contributed by atoms with E-state index in [2.05, 4.69) is 34.7 Å². The second kappa shape index (κ2) is 11.7. The molecule has 8 nitrogen and oxygen atoms in total. The summed E-state index contributed by atoms with van der Waals surface area (Å²) < 4.78 is 30.2. The molecule has 9 heteroatoms. The summed E-state index contributed by atoms with van der Waals surface area (Å²) in [5, 5.41) is 15.4. The first kappa shape index (κ1) is 28.9. The molecule has 1 aliphatic carbocycles. The Balaban J connectivity index is 1.17. The Bertz CT molecular complexity index is 1630. The molecule has 216 valence electrons. The van der Waals surface area contributed by atoms with E-state index in [1.165, 1.54) is 12.1 Å². The number of β-amino-alcohol motifs (C(OH)–C–C–N with tert-alkyl or cyclic N) is 1. The van der Waals surface area contributed by atoms with Crippen molar-refractivity contribution in [1.29, 1.82) is 0 Å². The predicted molar refractivity (Wildman–Crippen MR) is 162 cm³/mol. The van der Waals surface area contributed by atoms with E-state index >= 15 is 0 Å². The van der Waals surface area contributed by atoms with Crippen molar-refractivity contribution >= 4 is 32.5 Å². The SMILES string of the molecule is CN(C(=O)c1ccc2c(ccn2CCC(C)(C)NC[C@H](O)c2cccc(NS(=O)(=O)c3ccccc3)c2)c1)C1CC1. The van der Waals surface area contributed by atoms with E-state index in [1.807, 2.05) is 36.2 Å². The molecule has 1 aromatic heterocycles. The van der Waals surface area contributed by atoms with Gasteiger partial charge in [-0.05, 0) is 87.2 Å². The summed E-state index contributed by atoms with van der Waals surface area (Å²) in [6.45, 7) is 5.28. The molecule has 0 saturated heterocycles.